The number of benzene rings is 3. The Morgan fingerprint density at radius 1 is 1.11 bits per heavy atom. The first-order valence-electron chi connectivity index (χ1n) is 12.2. The maximum absolute atomic E-state index is 12.9. The number of amidine groups is 1. The van der Waals surface area contributed by atoms with Crippen LogP contribution in [0.4, 0.5) is 5.69 Å². The predicted octanol–water partition coefficient (Wildman–Crippen LogP) is 4.48. The molecule has 0 aliphatic carbocycles. The summed E-state index contributed by atoms with van der Waals surface area (Å²) in [5.74, 6) is -0.438. The molecule has 3 aromatic carbocycles. The van der Waals surface area contributed by atoms with Crippen molar-refractivity contribution in [3.05, 3.63) is 82.4 Å². The molecule has 0 aromatic heterocycles. The van der Waals surface area contributed by atoms with E-state index >= 15 is 0 Å². The van der Waals surface area contributed by atoms with Crippen molar-refractivity contribution in [2.45, 2.75) is 26.2 Å². The van der Waals surface area contributed by atoms with Gasteiger partial charge in [-0.2, -0.15) is 0 Å². The molecule has 4 rings (SSSR count). The number of aromatic carboxylic acids is 1. The number of methoxy groups -OCH3 is 1. The van der Waals surface area contributed by atoms with Crippen LogP contribution in [-0.2, 0) is 6.42 Å². The fourth-order valence-corrected chi connectivity index (χ4v) is 4.63. The molecule has 6 N–H and O–H groups in total. The van der Waals surface area contributed by atoms with Crippen LogP contribution >= 0.6 is 0 Å². The lowest BCUT2D eigenvalue weighted by Crippen LogP contribution is -2.27. The minimum absolute atomic E-state index is 0.00948. The summed E-state index contributed by atoms with van der Waals surface area (Å²) in [5, 5.41) is 24.1. The van der Waals surface area contributed by atoms with Crippen molar-refractivity contribution >= 4 is 23.4 Å². The monoisotopic (exact) mass is 500 g/mol. The van der Waals surface area contributed by atoms with Crippen LogP contribution in [-0.4, -0.2) is 43.0 Å². The Kier molecular flexibility index (Phi) is 7.47. The number of hydrogen-bond acceptors (Lipinski definition) is 5. The van der Waals surface area contributed by atoms with Gasteiger partial charge in [0.2, 0.25) is 0 Å². The molecule has 0 bridgehead atoms. The molecule has 1 amide bonds. The first kappa shape index (κ1) is 25.8. The van der Waals surface area contributed by atoms with Crippen molar-refractivity contribution in [1.29, 1.82) is 5.41 Å². The minimum atomic E-state index is -1.08. The molecule has 3 aromatic rings. The molecule has 0 saturated heterocycles. The van der Waals surface area contributed by atoms with Crippen molar-refractivity contribution in [3.8, 4) is 16.9 Å². The van der Waals surface area contributed by atoms with Gasteiger partial charge in [0.15, 0.2) is 0 Å². The molecule has 1 aliphatic rings. The van der Waals surface area contributed by atoms with Gasteiger partial charge >= 0.3 is 5.97 Å². The average molecular weight is 501 g/mol. The fourth-order valence-electron chi connectivity index (χ4n) is 4.63. The van der Waals surface area contributed by atoms with Gasteiger partial charge in [0.05, 0.1) is 12.7 Å². The van der Waals surface area contributed by atoms with Crippen LogP contribution in [0.1, 0.15) is 57.2 Å². The van der Waals surface area contributed by atoms with Crippen LogP contribution in [0.5, 0.6) is 5.75 Å². The highest BCUT2D eigenvalue weighted by Crippen LogP contribution is 2.38. The van der Waals surface area contributed by atoms with Gasteiger partial charge < -0.3 is 26.2 Å². The van der Waals surface area contributed by atoms with E-state index < -0.39 is 5.97 Å². The van der Waals surface area contributed by atoms with Crippen molar-refractivity contribution in [2.24, 2.45) is 11.7 Å². The first-order chi connectivity index (χ1) is 17.7. The molecule has 1 unspecified atom stereocenters. The summed E-state index contributed by atoms with van der Waals surface area (Å²) >= 11 is 0. The number of carbonyl (C=O) groups is 2. The van der Waals surface area contributed by atoms with Gasteiger partial charge in [-0.3, -0.25) is 10.2 Å². The predicted molar refractivity (Wildman–Crippen MR) is 145 cm³/mol. The number of rotatable bonds is 9. The Morgan fingerprint density at radius 2 is 1.86 bits per heavy atom. The smallest absolute Gasteiger partial charge is 0.336 e. The Labute approximate surface area is 216 Å². The van der Waals surface area contributed by atoms with Gasteiger partial charge in [-0.05, 0) is 83.1 Å². The van der Waals surface area contributed by atoms with Crippen LogP contribution in [0.15, 0.2) is 54.6 Å². The summed E-state index contributed by atoms with van der Waals surface area (Å²) in [5.41, 5.74) is 11.1. The number of amides is 1. The lowest BCUT2D eigenvalue weighted by Gasteiger charge is -2.18. The highest BCUT2D eigenvalue weighted by Gasteiger charge is 2.26. The summed E-state index contributed by atoms with van der Waals surface area (Å²) < 4.78 is 5.26. The maximum atomic E-state index is 12.9. The number of carboxylic acids is 1. The van der Waals surface area contributed by atoms with Gasteiger partial charge in [-0.15, -0.1) is 0 Å². The molecule has 8 nitrogen and oxygen atoms in total. The fraction of sp³-hybridized carbons (Fsp3) is 0.276. The molecule has 192 valence electrons. The zero-order valence-corrected chi connectivity index (χ0v) is 21.2. The zero-order valence-electron chi connectivity index (χ0n) is 21.2. The second-order valence-corrected chi connectivity index (χ2v) is 9.69. The molecule has 8 heteroatoms. The molecular formula is C29H32N4O4. The lowest BCUT2D eigenvalue weighted by molar-refractivity contribution is 0.0697. The Bertz CT molecular complexity index is 1370. The van der Waals surface area contributed by atoms with Crippen LogP contribution in [0, 0.1) is 11.3 Å². The SMILES string of the molecule is COc1ccc(-c2cc(C(=O)NCC(C)C)ccc2CC2CNc3ccc(C(=N)N)cc32)c(C(=O)O)c1. The van der Waals surface area contributed by atoms with Crippen LogP contribution in [0.2, 0.25) is 0 Å². The van der Waals surface area contributed by atoms with Gasteiger partial charge in [-0.25, -0.2) is 4.79 Å². The van der Waals surface area contributed by atoms with E-state index in [4.69, 9.17) is 15.9 Å². The van der Waals surface area contributed by atoms with Gasteiger partial charge in [0.25, 0.3) is 5.91 Å². The molecule has 0 radical (unpaired) electrons. The van der Waals surface area contributed by atoms with Gasteiger partial charge in [0.1, 0.15) is 11.6 Å². The third kappa shape index (κ3) is 5.58. The number of ether oxygens (including phenoxy) is 1. The highest BCUT2D eigenvalue weighted by atomic mass is 16.5. The third-order valence-electron chi connectivity index (χ3n) is 6.60. The molecule has 1 heterocycles. The number of hydrogen-bond donors (Lipinski definition) is 5. The Hall–Kier alpha value is -4.33. The van der Waals surface area contributed by atoms with E-state index in [1.807, 2.05) is 38.1 Å². The van der Waals surface area contributed by atoms with Crippen molar-refractivity contribution < 1.29 is 19.4 Å². The molecule has 37 heavy (non-hydrogen) atoms. The zero-order chi connectivity index (χ0) is 26.7. The third-order valence-corrected chi connectivity index (χ3v) is 6.60. The van der Waals surface area contributed by atoms with Crippen molar-refractivity contribution in [3.63, 3.8) is 0 Å². The Morgan fingerprint density at radius 3 is 2.54 bits per heavy atom. The molecule has 1 atom stereocenters. The molecule has 0 saturated carbocycles. The molecule has 0 fully saturated rings. The Balaban J connectivity index is 1.79. The second kappa shape index (κ2) is 10.7. The number of nitrogen functional groups attached to an aromatic ring is 1. The molecular weight excluding hydrogens is 468 g/mol. The summed E-state index contributed by atoms with van der Waals surface area (Å²) in [6.07, 6.45) is 0.607. The largest absolute Gasteiger partial charge is 0.497 e. The van der Waals surface area contributed by atoms with E-state index in [0.29, 0.717) is 53.4 Å². The van der Waals surface area contributed by atoms with E-state index in [2.05, 4.69) is 10.6 Å². The van der Waals surface area contributed by atoms with E-state index in [1.165, 1.54) is 13.2 Å². The number of nitrogens with two attached hydrogens (primary N) is 1. The molecule has 0 spiro atoms. The number of fused-ring (bicyclic) bond motifs is 1. The topological polar surface area (TPSA) is 138 Å². The van der Waals surface area contributed by atoms with E-state index in [9.17, 15) is 14.7 Å². The van der Waals surface area contributed by atoms with Crippen molar-refractivity contribution in [1.82, 2.24) is 5.32 Å². The normalized spacial score (nSPS) is 14.1. The second-order valence-electron chi connectivity index (χ2n) is 9.69. The van der Waals surface area contributed by atoms with Crippen LogP contribution < -0.4 is 21.1 Å². The number of carbonyl (C=O) groups excluding carboxylic acids is 1. The highest BCUT2D eigenvalue weighted by molar-refractivity contribution is 6.00. The summed E-state index contributed by atoms with van der Waals surface area (Å²) in [7, 11) is 1.49. The first-order valence-corrected chi connectivity index (χ1v) is 12.2. The van der Waals surface area contributed by atoms with Gasteiger partial charge in [-0.1, -0.05) is 19.9 Å². The number of nitrogens with one attached hydrogen (secondary N) is 3. The van der Waals surface area contributed by atoms with E-state index in [-0.39, 0.29) is 23.2 Å². The summed E-state index contributed by atoms with van der Waals surface area (Å²) in [6, 6.07) is 16.1. The van der Waals surface area contributed by atoms with Crippen LogP contribution in [0.3, 0.4) is 0 Å². The van der Waals surface area contributed by atoms with E-state index in [1.54, 1.807) is 24.3 Å². The maximum Gasteiger partial charge on any atom is 0.336 e. The molecule has 1 aliphatic heterocycles. The average Bonchev–Trinajstić information content (AvgIpc) is 3.28. The summed E-state index contributed by atoms with van der Waals surface area (Å²) in [4.78, 5) is 25.1. The standard InChI is InChI=1S/C29H32N4O4/c1-16(2)14-33-28(34)19-5-4-17(10-20-15-32-26-9-6-18(27(30)31)11-24(20)26)23(12-19)22-8-7-21(37-3)13-25(22)29(35)36/h4-9,11-13,16,20,32H,10,14-15H2,1-3H3,(H3,30,31)(H,33,34)(H,35,36). The van der Waals surface area contributed by atoms with Gasteiger partial charge in [0, 0.05) is 35.8 Å². The number of anilines is 1. The lowest BCUT2D eigenvalue weighted by atomic mass is 9.86. The van der Waals surface area contributed by atoms with Crippen LogP contribution in [0.25, 0.3) is 11.1 Å². The summed E-state index contributed by atoms with van der Waals surface area (Å²) in [6.45, 7) is 5.29. The van der Waals surface area contributed by atoms with E-state index in [0.717, 1.165) is 16.8 Å². The quantitative estimate of drug-likeness (QED) is 0.217. The number of carboxylic acid groups (broad SMARTS) is 1. The minimum Gasteiger partial charge on any atom is -0.497 e. The van der Waals surface area contributed by atoms with Crippen molar-refractivity contribution in [2.75, 3.05) is 25.5 Å².